The Hall–Kier alpha value is -3.01. The average Bonchev–Trinajstić information content (AvgIpc) is 2.93. The number of ketones is 1. The quantitative estimate of drug-likeness (QED) is 0.407. The molecule has 0 fully saturated rings. The Morgan fingerprint density at radius 1 is 1.30 bits per heavy atom. The number of aromatic nitrogens is 5. The predicted octanol–water partition coefficient (Wildman–Crippen LogP) is 0.717. The van der Waals surface area contributed by atoms with Crippen LogP contribution in [0.3, 0.4) is 0 Å². The van der Waals surface area contributed by atoms with Gasteiger partial charge in [0.05, 0.1) is 17.1 Å². The molecule has 0 bridgehead atoms. The van der Waals surface area contributed by atoms with Crippen LogP contribution in [0.5, 0.6) is 0 Å². The monoisotopic (exact) mass is 330 g/mol. The zero-order chi connectivity index (χ0) is 16.2. The zero-order valence-corrected chi connectivity index (χ0v) is 12.4. The van der Waals surface area contributed by atoms with Crippen molar-refractivity contribution in [2.24, 2.45) is 0 Å². The summed E-state index contributed by atoms with van der Waals surface area (Å²) < 4.78 is 4.25. The van der Waals surface area contributed by atoms with E-state index in [4.69, 9.17) is 5.73 Å². The van der Waals surface area contributed by atoms with Gasteiger partial charge in [-0.3, -0.25) is 9.42 Å². The summed E-state index contributed by atoms with van der Waals surface area (Å²) in [7, 11) is 0. The highest BCUT2D eigenvalue weighted by atomic mass is 32.2. The fourth-order valence-corrected chi connectivity index (χ4v) is 2.40. The van der Waals surface area contributed by atoms with Crippen LogP contribution in [-0.4, -0.2) is 31.9 Å². The molecule has 23 heavy (non-hydrogen) atoms. The SMILES string of the molecule is Nc1no[n+]([O-])c1C(=O)CSc1ncc(-c2ccccc2)nn1. The smallest absolute Gasteiger partial charge is 0.316 e. The fraction of sp³-hybridized carbons (Fsp3) is 0.0769. The molecule has 0 aliphatic heterocycles. The number of nitrogens with two attached hydrogens (primary N) is 1. The second-order valence-corrected chi connectivity index (χ2v) is 5.31. The third-order valence-electron chi connectivity index (χ3n) is 2.85. The molecule has 2 N–H and O–H groups in total. The highest BCUT2D eigenvalue weighted by Crippen LogP contribution is 2.18. The summed E-state index contributed by atoms with van der Waals surface area (Å²) in [6.45, 7) is 0. The van der Waals surface area contributed by atoms with Crippen molar-refractivity contribution in [1.82, 2.24) is 20.3 Å². The van der Waals surface area contributed by atoms with Crippen molar-refractivity contribution in [3.63, 3.8) is 0 Å². The number of Topliss-reactive ketones (excluding diaryl/α,β-unsaturated/α-hetero) is 1. The van der Waals surface area contributed by atoms with Gasteiger partial charge in [-0.2, -0.15) is 0 Å². The van der Waals surface area contributed by atoms with E-state index in [1.165, 1.54) is 0 Å². The number of hydrogen-bond acceptors (Lipinski definition) is 9. The lowest BCUT2D eigenvalue weighted by atomic mass is 10.2. The Labute approximate surface area is 134 Å². The van der Waals surface area contributed by atoms with Gasteiger partial charge in [0.25, 0.3) is 5.69 Å². The van der Waals surface area contributed by atoms with E-state index in [0.717, 1.165) is 17.3 Å². The first-order valence-corrected chi connectivity index (χ1v) is 7.40. The molecule has 0 aliphatic carbocycles. The molecule has 0 spiro atoms. The molecule has 0 amide bonds. The van der Waals surface area contributed by atoms with Gasteiger partial charge in [-0.15, -0.1) is 10.2 Å². The first kappa shape index (κ1) is 14.9. The Morgan fingerprint density at radius 2 is 2.09 bits per heavy atom. The molecular weight excluding hydrogens is 320 g/mol. The van der Waals surface area contributed by atoms with Gasteiger partial charge in [-0.05, 0) is 4.90 Å². The molecular formula is C13H10N6O3S. The number of rotatable bonds is 5. The molecule has 2 aromatic heterocycles. The van der Waals surface area contributed by atoms with Crippen molar-refractivity contribution < 1.29 is 14.3 Å². The highest BCUT2D eigenvalue weighted by Gasteiger charge is 2.24. The van der Waals surface area contributed by atoms with Gasteiger partial charge in [0.15, 0.2) is 0 Å². The lowest BCUT2D eigenvalue weighted by molar-refractivity contribution is -0.803. The lowest BCUT2D eigenvalue weighted by Crippen LogP contribution is -2.32. The molecule has 0 unspecified atom stereocenters. The normalized spacial score (nSPS) is 10.6. The van der Waals surface area contributed by atoms with Gasteiger partial charge in [0.1, 0.15) is 5.69 Å². The Bertz CT molecular complexity index is 802. The second-order valence-electron chi connectivity index (χ2n) is 4.37. The van der Waals surface area contributed by atoms with Gasteiger partial charge >= 0.3 is 5.82 Å². The maximum atomic E-state index is 11.9. The highest BCUT2D eigenvalue weighted by molar-refractivity contribution is 7.99. The van der Waals surface area contributed by atoms with E-state index < -0.39 is 5.78 Å². The number of hydrogen-bond donors (Lipinski definition) is 1. The predicted molar refractivity (Wildman–Crippen MR) is 80.2 cm³/mol. The summed E-state index contributed by atoms with van der Waals surface area (Å²) in [5.74, 6) is -0.858. The molecule has 9 nitrogen and oxygen atoms in total. The maximum absolute atomic E-state index is 11.9. The summed E-state index contributed by atoms with van der Waals surface area (Å²) in [4.78, 5) is 16.0. The molecule has 0 aliphatic rings. The van der Waals surface area contributed by atoms with Gasteiger partial charge in [-0.25, -0.2) is 4.98 Å². The van der Waals surface area contributed by atoms with Crippen LogP contribution < -0.4 is 10.6 Å². The minimum absolute atomic E-state index is 0.0180. The summed E-state index contributed by atoms with van der Waals surface area (Å²) >= 11 is 1.04. The minimum Gasteiger partial charge on any atom is -0.359 e. The van der Waals surface area contributed by atoms with Crippen molar-refractivity contribution in [3.8, 4) is 11.3 Å². The van der Waals surface area contributed by atoms with E-state index in [-0.39, 0.29) is 22.2 Å². The summed E-state index contributed by atoms with van der Waals surface area (Å²) in [6.07, 6.45) is 1.57. The first-order valence-electron chi connectivity index (χ1n) is 6.41. The second kappa shape index (κ2) is 6.40. The molecule has 3 aromatic rings. The fourth-order valence-electron chi connectivity index (χ4n) is 1.77. The summed E-state index contributed by atoms with van der Waals surface area (Å²) in [5.41, 5.74) is 6.59. The summed E-state index contributed by atoms with van der Waals surface area (Å²) in [5, 5.41) is 22.8. The summed E-state index contributed by atoms with van der Waals surface area (Å²) in [6, 6.07) is 9.46. The van der Waals surface area contributed by atoms with E-state index in [0.29, 0.717) is 10.9 Å². The Morgan fingerprint density at radius 3 is 2.70 bits per heavy atom. The largest absolute Gasteiger partial charge is 0.359 e. The molecule has 0 saturated heterocycles. The number of carbonyl (C=O) groups is 1. The van der Waals surface area contributed by atoms with Crippen LogP contribution in [0.15, 0.2) is 46.3 Å². The molecule has 2 heterocycles. The molecule has 116 valence electrons. The van der Waals surface area contributed by atoms with Crippen LogP contribution in [0.1, 0.15) is 10.5 Å². The van der Waals surface area contributed by atoms with Crippen molar-refractivity contribution in [2.45, 2.75) is 5.16 Å². The average molecular weight is 330 g/mol. The van der Waals surface area contributed by atoms with Crippen LogP contribution in [-0.2, 0) is 0 Å². The molecule has 1 aromatic carbocycles. The number of nitrogen functional groups attached to an aromatic ring is 1. The number of nitrogens with zero attached hydrogens (tertiary/aromatic N) is 5. The van der Waals surface area contributed by atoms with E-state index in [1.807, 2.05) is 30.3 Å². The third-order valence-corrected chi connectivity index (χ3v) is 3.70. The first-order chi connectivity index (χ1) is 11.1. The molecule has 0 atom stereocenters. The van der Waals surface area contributed by atoms with Gasteiger partial charge in [-0.1, -0.05) is 42.1 Å². The lowest BCUT2D eigenvalue weighted by Gasteiger charge is -2.01. The van der Waals surface area contributed by atoms with Gasteiger partial charge in [0, 0.05) is 5.56 Å². The standard InChI is InChI=1S/C13H10N6O3S/c14-12-11(19(21)22-18-12)10(20)7-23-13-15-6-9(16-17-13)8-4-2-1-3-5-8/h1-6H,7H2,(H2,14,18). The van der Waals surface area contributed by atoms with E-state index >= 15 is 0 Å². The van der Waals surface area contributed by atoms with E-state index in [2.05, 4.69) is 25.0 Å². The van der Waals surface area contributed by atoms with Crippen molar-refractivity contribution in [2.75, 3.05) is 11.5 Å². The van der Waals surface area contributed by atoms with Crippen LogP contribution in [0.25, 0.3) is 11.3 Å². The Kier molecular flexibility index (Phi) is 4.15. The van der Waals surface area contributed by atoms with Crippen LogP contribution in [0.2, 0.25) is 0 Å². The van der Waals surface area contributed by atoms with Crippen molar-refractivity contribution in [1.29, 1.82) is 0 Å². The number of benzene rings is 1. The number of anilines is 1. The third kappa shape index (κ3) is 3.26. The number of carbonyl (C=O) groups excluding carboxylic acids is 1. The van der Waals surface area contributed by atoms with Crippen LogP contribution in [0.4, 0.5) is 5.82 Å². The van der Waals surface area contributed by atoms with Crippen molar-refractivity contribution >= 4 is 23.4 Å². The maximum Gasteiger partial charge on any atom is 0.316 e. The van der Waals surface area contributed by atoms with Gasteiger partial charge < -0.3 is 10.9 Å². The van der Waals surface area contributed by atoms with E-state index in [9.17, 15) is 10.0 Å². The minimum atomic E-state index is -0.528. The van der Waals surface area contributed by atoms with Crippen LogP contribution >= 0.6 is 11.8 Å². The van der Waals surface area contributed by atoms with Crippen LogP contribution in [0, 0.1) is 5.21 Å². The zero-order valence-electron chi connectivity index (χ0n) is 11.6. The Balaban J connectivity index is 1.66. The number of thioether (sulfide) groups is 1. The van der Waals surface area contributed by atoms with Gasteiger partial charge in [0.2, 0.25) is 10.9 Å². The van der Waals surface area contributed by atoms with E-state index in [1.54, 1.807) is 6.20 Å². The molecule has 0 radical (unpaired) electrons. The molecule has 3 rings (SSSR count). The molecule has 0 saturated carbocycles. The topological polar surface area (TPSA) is 135 Å². The molecule has 10 heteroatoms. The van der Waals surface area contributed by atoms with Crippen molar-refractivity contribution in [3.05, 3.63) is 47.4 Å².